The Balaban J connectivity index is 0.00000133. The number of hydrogen-bond acceptors (Lipinski definition) is 3. The SMILES string of the molecule is N.c1ccc(C2NCCNC2c2ccccc2)cc1. The predicted octanol–water partition coefficient (Wildman–Crippen LogP) is 2.82. The lowest BCUT2D eigenvalue weighted by molar-refractivity contribution is 0.333. The van der Waals surface area contributed by atoms with Gasteiger partial charge in [-0.15, -0.1) is 0 Å². The summed E-state index contributed by atoms with van der Waals surface area (Å²) in [5.74, 6) is 0. The molecule has 3 nitrogen and oxygen atoms in total. The molecule has 100 valence electrons. The molecule has 0 aromatic heterocycles. The van der Waals surface area contributed by atoms with Crippen molar-refractivity contribution in [1.82, 2.24) is 16.8 Å². The van der Waals surface area contributed by atoms with Crippen LogP contribution in [0.2, 0.25) is 0 Å². The molecule has 2 aromatic rings. The fourth-order valence-electron chi connectivity index (χ4n) is 2.63. The normalized spacial score (nSPS) is 22.5. The molecule has 2 unspecified atom stereocenters. The van der Waals surface area contributed by atoms with Gasteiger partial charge in [-0.05, 0) is 11.1 Å². The highest BCUT2D eigenvalue weighted by Crippen LogP contribution is 2.30. The molecule has 0 aliphatic carbocycles. The first-order chi connectivity index (χ1) is 8.95. The largest absolute Gasteiger partial charge is 0.344 e. The number of benzene rings is 2. The van der Waals surface area contributed by atoms with Crippen LogP contribution in [0.3, 0.4) is 0 Å². The van der Waals surface area contributed by atoms with Gasteiger partial charge >= 0.3 is 0 Å². The maximum absolute atomic E-state index is 3.62. The molecular formula is C16H21N3. The Morgan fingerprint density at radius 3 is 1.37 bits per heavy atom. The van der Waals surface area contributed by atoms with Crippen LogP contribution in [0.25, 0.3) is 0 Å². The molecule has 1 aliphatic rings. The van der Waals surface area contributed by atoms with Crippen molar-refractivity contribution in [3.05, 3.63) is 71.8 Å². The number of hydrogen-bond donors (Lipinski definition) is 3. The minimum atomic E-state index is 0. The van der Waals surface area contributed by atoms with Gasteiger partial charge in [-0.3, -0.25) is 0 Å². The Kier molecular flexibility index (Phi) is 4.68. The first-order valence-electron chi connectivity index (χ1n) is 6.52. The topological polar surface area (TPSA) is 59.1 Å². The molecule has 5 N–H and O–H groups in total. The van der Waals surface area contributed by atoms with Crippen LogP contribution in [0, 0.1) is 0 Å². The van der Waals surface area contributed by atoms with Crippen molar-refractivity contribution < 1.29 is 0 Å². The molecule has 0 spiro atoms. The van der Waals surface area contributed by atoms with E-state index in [4.69, 9.17) is 0 Å². The van der Waals surface area contributed by atoms with Crippen molar-refractivity contribution in [3.8, 4) is 0 Å². The molecule has 1 fully saturated rings. The second kappa shape index (κ2) is 6.48. The lowest BCUT2D eigenvalue weighted by Gasteiger charge is -2.34. The van der Waals surface area contributed by atoms with Gasteiger partial charge in [-0.1, -0.05) is 60.7 Å². The number of nitrogens with one attached hydrogen (secondary N) is 2. The van der Waals surface area contributed by atoms with Crippen molar-refractivity contribution in [1.29, 1.82) is 0 Å². The van der Waals surface area contributed by atoms with E-state index in [-0.39, 0.29) is 6.15 Å². The maximum Gasteiger partial charge on any atom is 0.0518 e. The standard InChI is InChI=1S/C16H18N2.H3N/c1-3-7-13(8-4-1)15-16(18-12-11-17-15)14-9-5-2-6-10-14;/h1-10,15-18H,11-12H2;1H3. The van der Waals surface area contributed by atoms with E-state index in [1.165, 1.54) is 11.1 Å². The molecule has 0 radical (unpaired) electrons. The lowest BCUT2D eigenvalue weighted by Crippen LogP contribution is -2.45. The third kappa shape index (κ3) is 3.01. The summed E-state index contributed by atoms with van der Waals surface area (Å²) < 4.78 is 0. The van der Waals surface area contributed by atoms with Crippen molar-refractivity contribution in [3.63, 3.8) is 0 Å². The first-order valence-corrected chi connectivity index (χ1v) is 6.52. The summed E-state index contributed by atoms with van der Waals surface area (Å²) in [5, 5.41) is 7.24. The van der Waals surface area contributed by atoms with Crippen molar-refractivity contribution in [2.24, 2.45) is 0 Å². The van der Waals surface area contributed by atoms with Crippen LogP contribution in [0.4, 0.5) is 0 Å². The first kappa shape index (κ1) is 13.7. The van der Waals surface area contributed by atoms with Gasteiger partial charge in [-0.25, -0.2) is 0 Å². The molecule has 1 heterocycles. The lowest BCUT2D eigenvalue weighted by atomic mass is 9.92. The predicted molar refractivity (Wildman–Crippen MR) is 79.4 cm³/mol. The van der Waals surface area contributed by atoms with Crippen molar-refractivity contribution in [2.45, 2.75) is 12.1 Å². The summed E-state index contributed by atoms with van der Waals surface area (Å²) in [6.45, 7) is 2.03. The van der Waals surface area contributed by atoms with Crippen molar-refractivity contribution >= 4 is 0 Å². The number of piperazine rings is 1. The molecule has 2 atom stereocenters. The molecule has 3 rings (SSSR count). The minimum absolute atomic E-state index is 0. The number of rotatable bonds is 2. The van der Waals surface area contributed by atoms with E-state index in [0.717, 1.165) is 13.1 Å². The van der Waals surface area contributed by atoms with Crippen LogP contribution < -0.4 is 16.8 Å². The monoisotopic (exact) mass is 255 g/mol. The zero-order valence-corrected chi connectivity index (χ0v) is 11.0. The van der Waals surface area contributed by atoms with Crippen LogP contribution in [0.5, 0.6) is 0 Å². The Morgan fingerprint density at radius 1 is 0.632 bits per heavy atom. The van der Waals surface area contributed by atoms with Crippen LogP contribution in [-0.4, -0.2) is 13.1 Å². The summed E-state index contributed by atoms with van der Waals surface area (Å²) in [6, 6.07) is 22.0. The molecule has 19 heavy (non-hydrogen) atoms. The van der Waals surface area contributed by atoms with Crippen LogP contribution in [-0.2, 0) is 0 Å². The molecule has 0 amide bonds. The molecule has 1 saturated heterocycles. The van der Waals surface area contributed by atoms with E-state index >= 15 is 0 Å². The van der Waals surface area contributed by atoms with E-state index in [9.17, 15) is 0 Å². The average Bonchev–Trinajstić information content (AvgIpc) is 2.49. The Labute approximate surface area is 114 Å². The van der Waals surface area contributed by atoms with E-state index in [1.807, 2.05) is 0 Å². The second-order valence-electron chi connectivity index (χ2n) is 4.68. The van der Waals surface area contributed by atoms with Gasteiger partial charge in [-0.2, -0.15) is 0 Å². The Hall–Kier alpha value is -1.68. The molecular weight excluding hydrogens is 234 g/mol. The van der Waals surface area contributed by atoms with Crippen LogP contribution in [0.1, 0.15) is 23.2 Å². The maximum atomic E-state index is 3.62. The third-order valence-corrected chi connectivity index (χ3v) is 3.50. The summed E-state index contributed by atoms with van der Waals surface area (Å²) >= 11 is 0. The van der Waals surface area contributed by atoms with Crippen LogP contribution >= 0.6 is 0 Å². The summed E-state index contributed by atoms with van der Waals surface area (Å²) in [4.78, 5) is 0. The van der Waals surface area contributed by atoms with Crippen molar-refractivity contribution in [2.75, 3.05) is 13.1 Å². The minimum Gasteiger partial charge on any atom is -0.344 e. The molecule has 0 bridgehead atoms. The highest BCUT2D eigenvalue weighted by molar-refractivity contribution is 5.28. The Morgan fingerprint density at radius 2 is 1.00 bits per heavy atom. The van der Waals surface area contributed by atoms with E-state index in [2.05, 4.69) is 71.3 Å². The fourth-order valence-corrected chi connectivity index (χ4v) is 2.63. The van der Waals surface area contributed by atoms with E-state index in [1.54, 1.807) is 0 Å². The third-order valence-electron chi connectivity index (χ3n) is 3.50. The zero-order chi connectivity index (χ0) is 12.2. The average molecular weight is 255 g/mol. The molecule has 1 aliphatic heterocycles. The molecule has 2 aromatic carbocycles. The summed E-state index contributed by atoms with van der Waals surface area (Å²) in [5.41, 5.74) is 2.69. The highest BCUT2D eigenvalue weighted by atomic mass is 15.1. The fraction of sp³-hybridized carbons (Fsp3) is 0.250. The quantitative estimate of drug-likeness (QED) is 0.773. The van der Waals surface area contributed by atoms with Gasteiger partial charge in [0.05, 0.1) is 12.1 Å². The summed E-state index contributed by atoms with van der Waals surface area (Å²) in [6.07, 6.45) is 0. The van der Waals surface area contributed by atoms with Gasteiger partial charge in [0.1, 0.15) is 0 Å². The second-order valence-corrected chi connectivity index (χ2v) is 4.68. The van der Waals surface area contributed by atoms with Crippen LogP contribution in [0.15, 0.2) is 60.7 Å². The van der Waals surface area contributed by atoms with Gasteiger partial charge in [0.15, 0.2) is 0 Å². The van der Waals surface area contributed by atoms with Gasteiger partial charge in [0.2, 0.25) is 0 Å². The highest BCUT2D eigenvalue weighted by Gasteiger charge is 2.26. The smallest absolute Gasteiger partial charge is 0.0518 e. The van der Waals surface area contributed by atoms with Gasteiger partial charge in [0, 0.05) is 13.1 Å². The molecule has 3 heteroatoms. The van der Waals surface area contributed by atoms with E-state index in [0.29, 0.717) is 12.1 Å². The zero-order valence-electron chi connectivity index (χ0n) is 11.0. The summed E-state index contributed by atoms with van der Waals surface area (Å²) in [7, 11) is 0. The Bertz CT molecular complexity index is 436. The van der Waals surface area contributed by atoms with Gasteiger partial charge in [0.25, 0.3) is 0 Å². The van der Waals surface area contributed by atoms with E-state index < -0.39 is 0 Å². The van der Waals surface area contributed by atoms with Gasteiger partial charge < -0.3 is 16.8 Å². The molecule has 0 saturated carbocycles.